The number of para-hydroxylation sites is 6. The van der Waals surface area contributed by atoms with E-state index in [0.29, 0.717) is 5.92 Å². The Morgan fingerprint density at radius 3 is 1.53 bits per heavy atom. The second-order valence-corrected chi connectivity index (χ2v) is 15.3. The van der Waals surface area contributed by atoms with Gasteiger partial charge in [0.05, 0.1) is 22.7 Å². The predicted octanol–water partition coefficient (Wildman–Crippen LogP) is 15.4. The van der Waals surface area contributed by atoms with Gasteiger partial charge < -0.3 is 18.6 Å². The molecule has 270 valence electrons. The van der Waals surface area contributed by atoms with Gasteiger partial charge >= 0.3 is 0 Å². The van der Waals surface area contributed by atoms with Crippen molar-refractivity contribution in [3.8, 4) is 0 Å². The normalized spacial score (nSPS) is 13.8. The lowest BCUT2D eigenvalue weighted by molar-refractivity contribution is 0.668. The van der Waals surface area contributed by atoms with Gasteiger partial charge in [0.25, 0.3) is 0 Å². The fourth-order valence-corrected chi connectivity index (χ4v) is 9.56. The maximum Gasteiger partial charge on any atom is 0.159 e. The molecule has 2 heterocycles. The molecule has 0 aliphatic heterocycles. The van der Waals surface area contributed by atoms with E-state index in [4.69, 9.17) is 8.83 Å². The van der Waals surface area contributed by atoms with Crippen LogP contribution in [0.5, 0.6) is 0 Å². The summed E-state index contributed by atoms with van der Waals surface area (Å²) in [5, 5.41) is 9.55. The average molecular weight is 733 g/mol. The molecule has 0 N–H and O–H groups in total. The van der Waals surface area contributed by atoms with Gasteiger partial charge in [-0.25, -0.2) is 0 Å². The lowest BCUT2D eigenvalue weighted by Gasteiger charge is -2.33. The van der Waals surface area contributed by atoms with E-state index in [9.17, 15) is 0 Å². The summed E-state index contributed by atoms with van der Waals surface area (Å²) < 4.78 is 13.4. The molecule has 1 aliphatic rings. The van der Waals surface area contributed by atoms with Crippen molar-refractivity contribution < 1.29 is 8.83 Å². The highest BCUT2D eigenvalue weighted by molar-refractivity contribution is 6.19. The third-order valence-corrected chi connectivity index (χ3v) is 12.1. The first kappa shape index (κ1) is 32.0. The first-order valence-corrected chi connectivity index (χ1v) is 19.7. The lowest BCUT2D eigenvalue weighted by Crippen LogP contribution is -2.16. The van der Waals surface area contributed by atoms with Crippen molar-refractivity contribution in [3.63, 3.8) is 0 Å². The summed E-state index contributed by atoms with van der Waals surface area (Å²) in [6.45, 7) is 2.38. The maximum atomic E-state index is 6.69. The van der Waals surface area contributed by atoms with Gasteiger partial charge in [0.1, 0.15) is 11.2 Å². The van der Waals surface area contributed by atoms with E-state index < -0.39 is 0 Å². The number of rotatable bonds is 6. The van der Waals surface area contributed by atoms with Gasteiger partial charge in [-0.1, -0.05) is 128 Å². The van der Waals surface area contributed by atoms with Crippen LogP contribution in [0, 0.1) is 0 Å². The lowest BCUT2D eigenvalue weighted by atomic mass is 9.79. The van der Waals surface area contributed by atoms with Crippen LogP contribution in [0.15, 0.2) is 191 Å². The molecule has 0 radical (unpaired) electrons. The Morgan fingerprint density at radius 1 is 0.404 bits per heavy atom. The third-order valence-electron chi connectivity index (χ3n) is 12.1. The molecule has 0 spiro atoms. The standard InChI is InChI=1S/C53H36N2O2/c1-33-32-43-45(55(36-16-6-3-7-17-36)47-23-13-21-41-39-19-9-11-25-49(39)57-53(41)47)30-27-34-26-28-42-44(31-29-37(33)51(42)50(34)43)54(35-14-4-2-5-15-35)46-22-12-20-40-38-18-8-10-24-48(38)56-52(40)46/h2-31,33H,32H2,1H3/t33-/m1/s1. The van der Waals surface area contributed by atoms with Crippen LogP contribution in [0.1, 0.15) is 24.0 Å². The van der Waals surface area contributed by atoms with Crippen LogP contribution in [-0.4, -0.2) is 0 Å². The van der Waals surface area contributed by atoms with E-state index in [-0.39, 0.29) is 0 Å². The number of nitrogens with zero attached hydrogens (tertiary/aromatic N) is 2. The molecule has 0 saturated carbocycles. The summed E-state index contributed by atoms with van der Waals surface area (Å²) in [6, 6.07) is 65.1. The van der Waals surface area contributed by atoms with E-state index in [0.717, 1.165) is 78.7 Å². The summed E-state index contributed by atoms with van der Waals surface area (Å²) in [4.78, 5) is 4.80. The number of benzene rings is 9. The van der Waals surface area contributed by atoms with Crippen molar-refractivity contribution in [2.75, 3.05) is 9.80 Å². The van der Waals surface area contributed by atoms with Gasteiger partial charge in [0.2, 0.25) is 0 Å². The zero-order valence-corrected chi connectivity index (χ0v) is 31.3. The minimum Gasteiger partial charge on any atom is -0.454 e. The zero-order valence-electron chi connectivity index (χ0n) is 31.3. The monoisotopic (exact) mass is 732 g/mol. The van der Waals surface area contributed by atoms with Gasteiger partial charge in [-0.15, -0.1) is 0 Å². The minimum atomic E-state index is 0.296. The highest BCUT2D eigenvalue weighted by atomic mass is 16.3. The van der Waals surface area contributed by atoms with Crippen LogP contribution in [0.25, 0.3) is 65.4 Å². The van der Waals surface area contributed by atoms with Crippen molar-refractivity contribution in [1.29, 1.82) is 0 Å². The maximum absolute atomic E-state index is 6.69. The third kappa shape index (κ3) is 4.74. The Kier molecular flexibility index (Phi) is 6.93. The average Bonchev–Trinajstić information content (AvgIpc) is 3.85. The molecular formula is C53H36N2O2. The van der Waals surface area contributed by atoms with E-state index in [1.807, 2.05) is 12.1 Å². The highest BCUT2D eigenvalue weighted by Crippen LogP contribution is 2.52. The number of furan rings is 2. The van der Waals surface area contributed by atoms with Gasteiger partial charge in [-0.05, 0) is 100 Å². The van der Waals surface area contributed by atoms with Gasteiger partial charge in [0.15, 0.2) is 11.2 Å². The van der Waals surface area contributed by atoms with Gasteiger partial charge in [-0.3, -0.25) is 0 Å². The quantitative estimate of drug-likeness (QED) is 0.159. The van der Waals surface area contributed by atoms with Gasteiger partial charge in [0, 0.05) is 38.3 Å². The predicted molar refractivity (Wildman–Crippen MR) is 237 cm³/mol. The van der Waals surface area contributed by atoms with Crippen molar-refractivity contribution in [2.45, 2.75) is 19.3 Å². The van der Waals surface area contributed by atoms with Crippen molar-refractivity contribution in [1.82, 2.24) is 0 Å². The Balaban J connectivity index is 1.14. The summed E-state index contributed by atoms with van der Waals surface area (Å²) in [6.07, 6.45) is 0.915. The Bertz CT molecular complexity index is 3360. The summed E-state index contributed by atoms with van der Waals surface area (Å²) in [5.41, 5.74) is 12.8. The number of fused-ring (bicyclic) bond motifs is 6. The number of hydrogen-bond donors (Lipinski definition) is 0. The van der Waals surface area contributed by atoms with E-state index >= 15 is 0 Å². The molecule has 0 bridgehead atoms. The molecule has 11 aromatic rings. The van der Waals surface area contributed by atoms with Crippen molar-refractivity contribution in [3.05, 3.63) is 193 Å². The molecule has 0 fully saturated rings. The first-order valence-electron chi connectivity index (χ1n) is 19.7. The molecule has 2 aromatic heterocycles. The fourth-order valence-electron chi connectivity index (χ4n) is 9.56. The van der Waals surface area contributed by atoms with Gasteiger partial charge in [-0.2, -0.15) is 0 Å². The fraction of sp³-hybridized carbons (Fsp3) is 0.0566. The SMILES string of the molecule is C[C@@H]1Cc2c(N(c3ccccc3)c3cccc4c3oc3ccccc34)ccc3ccc4c(N(c5ccccc5)c5cccc6c5oc5ccccc56)ccc1c4c23. The van der Waals surface area contributed by atoms with Crippen LogP contribution < -0.4 is 9.80 Å². The van der Waals surface area contributed by atoms with Crippen LogP contribution in [0.4, 0.5) is 34.1 Å². The van der Waals surface area contributed by atoms with Crippen molar-refractivity contribution >= 4 is 99.5 Å². The number of anilines is 6. The Labute approximate surface area is 329 Å². The molecule has 4 heteroatoms. The second-order valence-electron chi connectivity index (χ2n) is 15.3. The molecule has 0 unspecified atom stereocenters. The molecule has 12 rings (SSSR count). The van der Waals surface area contributed by atoms with Crippen molar-refractivity contribution in [2.24, 2.45) is 0 Å². The van der Waals surface area contributed by atoms with Crippen LogP contribution in [0.2, 0.25) is 0 Å². The molecule has 4 nitrogen and oxygen atoms in total. The molecule has 9 aromatic carbocycles. The second kappa shape index (κ2) is 12.4. The van der Waals surface area contributed by atoms with Crippen LogP contribution in [-0.2, 0) is 6.42 Å². The number of hydrogen-bond acceptors (Lipinski definition) is 4. The van der Waals surface area contributed by atoms with E-state index in [2.05, 4.69) is 187 Å². The van der Waals surface area contributed by atoms with Crippen LogP contribution in [0.3, 0.4) is 0 Å². The molecule has 0 saturated heterocycles. The highest BCUT2D eigenvalue weighted by Gasteiger charge is 2.30. The molecule has 1 aliphatic carbocycles. The molecular weight excluding hydrogens is 697 g/mol. The van der Waals surface area contributed by atoms with E-state index in [1.54, 1.807) is 0 Å². The zero-order chi connectivity index (χ0) is 37.6. The molecule has 57 heavy (non-hydrogen) atoms. The molecule has 1 atom stereocenters. The topological polar surface area (TPSA) is 32.8 Å². The van der Waals surface area contributed by atoms with Crippen LogP contribution >= 0.6 is 0 Å². The summed E-state index contributed by atoms with van der Waals surface area (Å²) in [7, 11) is 0. The Hall–Kier alpha value is -7.30. The first-order chi connectivity index (χ1) is 28.2. The summed E-state index contributed by atoms with van der Waals surface area (Å²) >= 11 is 0. The summed E-state index contributed by atoms with van der Waals surface area (Å²) in [5.74, 6) is 0.296. The smallest absolute Gasteiger partial charge is 0.159 e. The molecule has 0 amide bonds. The van der Waals surface area contributed by atoms with E-state index in [1.165, 1.54) is 38.4 Å². The minimum absolute atomic E-state index is 0.296. The Morgan fingerprint density at radius 2 is 0.912 bits per heavy atom. The largest absolute Gasteiger partial charge is 0.454 e.